The number of aryl methyl sites for hydroxylation is 3. The molecule has 0 aliphatic heterocycles. The van der Waals surface area contributed by atoms with Crippen LogP contribution in [-0.2, 0) is 0 Å². The van der Waals surface area contributed by atoms with Crippen molar-refractivity contribution in [2.75, 3.05) is 0 Å². The number of halogens is 1. The van der Waals surface area contributed by atoms with Crippen molar-refractivity contribution in [1.29, 1.82) is 0 Å². The molecule has 3 rings (SSSR count). The fourth-order valence-corrected chi connectivity index (χ4v) is 2.99. The van der Waals surface area contributed by atoms with Crippen LogP contribution < -0.4 is 0 Å². The number of benzene rings is 2. The molecule has 0 spiro atoms. The van der Waals surface area contributed by atoms with Crippen molar-refractivity contribution in [3.8, 4) is 0 Å². The molecule has 0 aliphatic carbocycles. The Morgan fingerprint density at radius 3 is 2.33 bits per heavy atom. The molecule has 0 aliphatic rings. The Labute approximate surface area is 131 Å². The average Bonchev–Trinajstić information content (AvgIpc) is 2.73. The van der Waals surface area contributed by atoms with Crippen molar-refractivity contribution >= 4 is 32.7 Å². The van der Waals surface area contributed by atoms with Gasteiger partial charge in [-0.3, -0.25) is 4.79 Å². The molecule has 0 N–H and O–H groups in total. The molecule has 0 unspecified atom stereocenters. The summed E-state index contributed by atoms with van der Waals surface area (Å²) in [5.74, 6) is 0.361. The van der Waals surface area contributed by atoms with Gasteiger partial charge in [-0.05, 0) is 51.1 Å². The zero-order valence-electron chi connectivity index (χ0n) is 12.2. The van der Waals surface area contributed by atoms with Gasteiger partial charge >= 0.3 is 0 Å². The highest BCUT2D eigenvalue weighted by Crippen LogP contribution is 2.29. The Balaban J connectivity index is 2.15. The first-order chi connectivity index (χ1) is 9.95. The SMILES string of the molecule is Cc1cc(C)cc(C(=O)c2oc3cc(Br)ccc3c2C)c1. The third kappa shape index (κ3) is 2.54. The van der Waals surface area contributed by atoms with Crippen molar-refractivity contribution < 1.29 is 9.21 Å². The molecule has 0 bridgehead atoms. The molecule has 21 heavy (non-hydrogen) atoms. The zero-order chi connectivity index (χ0) is 15.1. The maximum absolute atomic E-state index is 12.7. The summed E-state index contributed by atoms with van der Waals surface area (Å²) in [5.41, 5.74) is 4.45. The Bertz CT molecular complexity index is 839. The van der Waals surface area contributed by atoms with Gasteiger partial charge in [0.05, 0.1) is 0 Å². The summed E-state index contributed by atoms with van der Waals surface area (Å²) in [6.45, 7) is 5.91. The largest absolute Gasteiger partial charge is 0.452 e. The lowest BCUT2D eigenvalue weighted by Crippen LogP contribution is -2.02. The standard InChI is InChI=1S/C18H15BrO2/c1-10-6-11(2)8-13(7-10)17(20)18-12(3)15-5-4-14(19)9-16(15)21-18/h4-9H,1-3H3. The van der Waals surface area contributed by atoms with Gasteiger partial charge < -0.3 is 4.42 Å². The van der Waals surface area contributed by atoms with Crippen LogP contribution >= 0.6 is 15.9 Å². The molecular formula is C18H15BrO2. The summed E-state index contributed by atoms with van der Waals surface area (Å²) < 4.78 is 6.74. The Hall–Kier alpha value is -1.87. The number of rotatable bonds is 2. The molecule has 1 aromatic heterocycles. The van der Waals surface area contributed by atoms with Crippen LogP contribution in [0.4, 0.5) is 0 Å². The van der Waals surface area contributed by atoms with Crippen LogP contribution in [0.1, 0.15) is 32.8 Å². The van der Waals surface area contributed by atoms with Crippen LogP contribution in [0.3, 0.4) is 0 Å². The highest BCUT2D eigenvalue weighted by atomic mass is 79.9. The van der Waals surface area contributed by atoms with Gasteiger partial charge in [0.2, 0.25) is 5.78 Å². The monoisotopic (exact) mass is 342 g/mol. The van der Waals surface area contributed by atoms with E-state index in [1.165, 1.54) is 0 Å². The number of furan rings is 1. The van der Waals surface area contributed by atoms with Crippen LogP contribution in [0.25, 0.3) is 11.0 Å². The molecule has 0 saturated carbocycles. The molecule has 0 radical (unpaired) electrons. The number of fused-ring (bicyclic) bond motifs is 1. The van der Waals surface area contributed by atoms with E-state index in [0.717, 1.165) is 32.1 Å². The number of carbonyl (C=O) groups is 1. The summed E-state index contributed by atoms with van der Waals surface area (Å²) >= 11 is 3.42. The summed E-state index contributed by atoms with van der Waals surface area (Å²) in [6.07, 6.45) is 0. The average molecular weight is 343 g/mol. The van der Waals surface area contributed by atoms with Crippen LogP contribution in [0.15, 0.2) is 45.3 Å². The van der Waals surface area contributed by atoms with Gasteiger partial charge in [-0.2, -0.15) is 0 Å². The highest BCUT2D eigenvalue weighted by molar-refractivity contribution is 9.10. The van der Waals surface area contributed by atoms with Crippen LogP contribution in [0, 0.1) is 20.8 Å². The topological polar surface area (TPSA) is 30.2 Å². The van der Waals surface area contributed by atoms with E-state index in [9.17, 15) is 4.79 Å². The molecule has 106 valence electrons. The van der Waals surface area contributed by atoms with Crippen molar-refractivity contribution in [1.82, 2.24) is 0 Å². The Kier molecular flexibility index (Phi) is 3.46. The molecule has 3 aromatic rings. The van der Waals surface area contributed by atoms with Crippen molar-refractivity contribution in [3.63, 3.8) is 0 Å². The molecule has 0 atom stereocenters. The van der Waals surface area contributed by atoms with Gasteiger partial charge in [-0.1, -0.05) is 33.1 Å². The number of hydrogen-bond acceptors (Lipinski definition) is 2. The van der Waals surface area contributed by atoms with E-state index in [0.29, 0.717) is 11.3 Å². The van der Waals surface area contributed by atoms with Gasteiger partial charge in [-0.15, -0.1) is 0 Å². The minimum absolute atomic E-state index is 0.0633. The van der Waals surface area contributed by atoms with Gasteiger partial charge in [0.15, 0.2) is 5.76 Å². The second-order valence-electron chi connectivity index (χ2n) is 5.40. The lowest BCUT2D eigenvalue weighted by molar-refractivity contribution is 0.101. The number of ketones is 1. The third-order valence-corrected chi connectivity index (χ3v) is 4.08. The molecule has 2 nitrogen and oxygen atoms in total. The minimum atomic E-state index is -0.0633. The molecular weight excluding hydrogens is 328 g/mol. The molecule has 3 heteroatoms. The smallest absolute Gasteiger partial charge is 0.228 e. The predicted octanol–water partition coefficient (Wildman–Crippen LogP) is 5.35. The number of carbonyl (C=O) groups excluding carboxylic acids is 1. The van der Waals surface area contributed by atoms with E-state index < -0.39 is 0 Å². The normalized spacial score (nSPS) is 11.0. The highest BCUT2D eigenvalue weighted by Gasteiger charge is 2.19. The predicted molar refractivity (Wildman–Crippen MR) is 88.0 cm³/mol. The van der Waals surface area contributed by atoms with E-state index in [2.05, 4.69) is 22.0 Å². The summed E-state index contributed by atoms with van der Waals surface area (Å²) in [5, 5.41) is 0.978. The first-order valence-corrected chi connectivity index (χ1v) is 7.56. The Morgan fingerprint density at radius 2 is 1.67 bits per heavy atom. The fraction of sp³-hybridized carbons (Fsp3) is 0.167. The summed E-state index contributed by atoms with van der Waals surface area (Å²) in [4.78, 5) is 12.7. The lowest BCUT2D eigenvalue weighted by atomic mass is 10.0. The van der Waals surface area contributed by atoms with Gasteiger partial charge in [0.25, 0.3) is 0 Å². The molecule has 1 heterocycles. The van der Waals surface area contributed by atoms with Crippen molar-refractivity contribution in [2.45, 2.75) is 20.8 Å². The van der Waals surface area contributed by atoms with Crippen LogP contribution in [0.2, 0.25) is 0 Å². The number of hydrogen-bond donors (Lipinski definition) is 0. The zero-order valence-corrected chi connectivity index (χ0v) is 13.7. The maximum Gasteiger partial charge on any atom is 0.228 e. The molecule has 0 saturated heterocycles. The lowest BCUT2D eigenvalue weighted by Gasteiger charge is -2.03. The van der Waals surface area contributed by atoms with E-state index in [1.807, 2.05) is 51.1 Å². The van der Waals surface area contributed by atoms with E-state index in [1.54, 1.807) is 0 Å². The minimum Gasteiger partial charge on any atom is -0.452 e. The molecule has 2 aromatic carbocycles. The first-order valence-electron chi connectivity index (χ1n) is 6.77. The molecule has 0 fully saturated rings. The van der Waals surface area contributed by atoms with Crippen LogP contribution in [-0.4, -0.2) is 5.78 Å². The second kappa shape index (κ2) is 5.15. The fourth-order valence-electron chi connectivity index (χ4n) is 2.65. The summed E-state index contributed by atoms with van der Waals surface area (Å²) in [7, 11) is 0. The maximum atomic E-state index is 12.7. The van der Waals surface area contributed by atoms with Gasteiger partial charge in [0, 0.05) is 21.0 Å². The van der Waals surface area contributed by atoms with Crippen LogP contribution in [0.5, 0.6) is 0 Å². The third-order valence-electron chi connectivity index (χ3n) is 3.59. The van der Waals surface area contributed by atoms with E-state index in [4.69, 9.17) is 4.42 Å². The Morgan fingerprint density at radius 1 is 1.00 bits per heavy atom. The molecule has 0 amide bonds. The van der Waals surface area contributed by atoms with Crippen molar-refractivity contribution in [2.24, 2.45) is 0 Å². The van der Waals surface area contributed by atoms with Gasteiger partial charge in [0.1, 0.15) is 5.58 Å². The van der Waals surface area contributed by atoms with Gasteiger partial charge in [-0.25, -0.2) is 0 Å². The van der Waals surface area contributed by atoms with E-state index >= 15 is 0 Å². The second-order valence-corrected chi connectivity index (χ2v) is 6.32. The van der Waals surface area contributed by atoms with Crippen molar-refractivity contribution in [3.05, 3.63) is 68.9 Å². The first kappa shape index (κ1) is 14.1. The summed E-state index contributed by atoms with van der Waals surface area (Å²) in [6, 6.07) is 11.7. The quantitative estimate of drug-likeness (QED) is 0.587. The van der Waals surface area contributed by atoms with E-state index in [-0.39, 0.29) is 5.78 Å².